The Kier molecular flexibility index (Phi) is 8.99. The van der Waals surface area contributed by atoms with Gasteiger partial charge in [-0.25, -0.2) is 4.98 Å². The van der Waals surface area contributed by atoms with Crippen molar-refractivity contribution < 1.29 is 9.21 Å². The average molecular weight is 394 g/mol. The van der Waals surface area contributed by atoms with Crippen molar-refractivity contribution in [3.8, 4) is 10.8 Å². The molecule has 0 radical (unpaired) electrons. The number of amides is 1. The molecule has 1 atom stereocenters. The largest absolute Gasteiger partial charge is 0.462 e. The first kappa shape index (κ1) is 22.9. The van der Waals surface area contributed by atoms with Gasteiger partial charge in [-0.05, 0) is 38.3 Å². The highest BCUT2D eigenvalue weighted by molar-refractivity contribution is 7.15. The van der Waals surface area contributed by atoms with Crippen LogP contribution in [0.15, 0.2) is 22.8 Å². The highest BCUT2D eigenvalue weighted by atomic mass is 35.5. The van der Waals surface area contributed by atoms with Gasteiger partial charge in [0.15, 0.2) is 10.8 Å². The van der Waals surface area contributed by atoms with E-state index in [1.807, 2.05) is 19.9 Å². The van der Waals surface area contributed by atoms with Gasteiger partial charge in [-0.15, -0.1) is 36.2 Å². The summed E-state index contributed by atoms with van der Waals surface area (Å²) in [5.41, 5.74) is 5.87. The maximum absolute atomic E-state index is 12.6. The molecule has 0 aromatic carbocycles. The number of nitrogens with two attached hydrogens (primary N) is 1. The molecule has 0 aliphatic carbocycles. The standard InChI is InChI=1S/C16H23N3O2S.2ClH/c1-10(2)8-16(4,9-17)19-14(20)13-11(3)22-15(18-13)12-6-5-7-21-12;;/h5-7,10H,8-9,17H2,1-4H3,(H,19,20);2*1H. The Morgan fingerprint density at radius 1 is 1.46 bits per heavy atom. The molecule has 2 aromatic heterocycles. The Labute approximate surface area is 159 Å². The van der Waals surface area contributed by atoms with Gasteiger partial charge in [0.05, 0.1) is 11.8 Å². The van der Waals surface area contributed by atoms with Crippen molar-refractivity contribution in [1.29, 1.82) is 0 Å². The minimum absolute atomic E-state index is 0. The van der Waals surface area contributed by atoms with Gasteiger partial charge in [0.1, 0.15) is 5.69 Å². The molecule has 0 aliphatic heterocycles. The van der Waals surface area contributed by atoms with Crippen LogP contribution in [0.2, 0.25) is 0 Å². The summed E-state index contributed by atoms with van der Waals surface area (Å²) in [6.07, 6.45) is 2.42. The molecule has 0 aliphatic rings. The van der Waals surface area contributed by atoms with Gasteiger partial charge >= 0.3 is 0 Å². The topological polar surface area (TPSA) is 81.2 Å². The number of nitrogens with zero attached hydrogens (tertiary/aromatic N) is 1. The van der Waals surface area contributed by atoms with E-state index in [4.69, 9.17) is 10.2 Å². The highest BCUT2D eigenvalue weighted by Gasteiger charge is 2.28. The van der Waals surface area contributed by atoms with Gasteiger partial charge in [0.2, 0.25) is 0 Å². The molecule has 0 saturated carbocycles. The summed E-state index contributed by atoms with van der Waals surface area (Å²) in [6.45, 7) is 8.48. The number of rotatable bonds is 6. The van der Waals surface area contributed by atoms with E-state index in [2.05, 4.69) is 24.1 Å². The van der Waals surface area contributed by atoms with Gasteiger partial charge in [0, 0.05) is 11.4 Å². The van der Waals surface area contributed by atoms with E-state index in [-0.39, 0.29) is 30.7 Å². The molecule has 0 spiro atoms. The molecule has 136 valence electrons. The van der Waals surface area contributed by atoms with Crippen LogP contribution < -0.4 is 11.1 Å². The van der Waals surface area contributed by atoms with E-state index in [1.165, 1.54) is 11.3 Å². The van der Waals surface area contributed by atoms with Crippen molar-refractivity contribution in [1.82, 2.24) is 10.3 Å². The molecule has 8 heteroatoms. The lowest BCUT2D eigenvalue weighted by Gasteiger charge is -2.31. The smallest absolute Gasteiger partial charge is 0.271 e. The number of halogens is 2. The molecule has 2 rings (SSSR count). The van der Waals surface area contributed by atoms with Crippen molar-refractivity contribution >= 4 is 42.1 Å². The monoisotopic (exact) mass is 393 g/mol. The first-order valence-electron chi connectivity index (χ1n) is 7.38. The summed E-state index contributed by atoms with van der Waals surface area (Å²) >= 11 is 1.45. The fourth-order valence-electron chi connectivity index (χ4n) is 2.53. The summed E-state index contributed by atoms with van der Waals surface area (Å²) in [6, 6.07) is 3.64. The molecule has 5 nitrogen and oxygen atoms in total. The van der Waals surface area contributed by atoms with Crippen LogP contribution in [0, 0.1) is 12.8 Å². The third kappa shape index (κ3) is 5.48. The molecular formula is C16H25Cl2N3O2S. The number of nitrogens with one attached hydrogen (secondary N) is 1. The van der Waals surface area contributed by atoms with Crippen molar-refractivity contribution in [3.63, 3.8) is 0 Å². The Morgan fingerprint density at radius 3 is 2.62 bits per heavy atom. The first-order chi connectivity index (χ1) is 10.3. The third-order valence-electron chi connectivity index (χ3n) is 3.47. The molecule has 1 unspecified atom stereocenters. The molecular weight excluding hydrogens is 369 g/mol. The van der Waals surface area contributed by atoms with E-state index in [0.717, 1.165) is 11.3 Å². The summed E-state index contributed by atoms with van der Waals surface area (Å²) in [5, 5.41) is 3.75. The van der Waals surface area contributed by atoms with Crippen LogP contribution in [0.5, 0.6) is 0 Å². The summed E-state index contributed by atoms with van der Waals surface area (Å²) in [5.74, 6) is 0.945. The number of aromatic nitrogens is 1. The number of carbonyl (C=O) groups is 1. The van der Waals surface area contributed by atoms with Gasteiger partial charge < -0.3 is 15.5 Å². The van der Waals surface area contributed by atoms with Gasteiger partial charge in [-0.2, -0.15) is 0 Å². The lowest BCUT2D eigenvalue weighted by atomic mass is 9.90. The van der Waals surface area contributed by atoms with Crippen molar-refractivity contribution in [2.24, 2.45) is 11.7 Å². The maximum atomic E-state index is 12.6. The highest BCUT2D eigenvalue weighted by Crippen LogP contribution is 2.28. The molecule has 0 bridgehead atoms. The Balaban J connectivity index is 0.00000264. The predicted octanol–water partition coefficient (Wildman–Crippen LogP) is 4.05. The van der Waals surface area contributed by atoms with Crippen LogP contribution in [0.4, 0.5) is 0 Å². The zero-order valence-corrected chi connectivity index (χ0v) is 16.7. The second kappa shape index (κ2) is 9.42. The van der Waals surface area contributed by atoms with Crippen molar-refractivity contribution in [3.05, 3.63) is 29.0 Å². The van der Waals surface area contributed by atoms with Crippen LogP contribution in [0.1, 0.15) is 42.6 Å². The minimum atomic E-state index is -0.424. The Morgan fingerprint density at radius 2 is 2.12 bits per heavy atom. The van der Waals surface area contributed by atoms with E-state index < -0.39 is 5.54 Å². The van der Waals surface area contributed by atoms with Crippen LogP contribution in [-0.4, -0.2) is 23.0 Å². The quantitative estimate of drug-likeness (QED) is 0.775. The number of aryl methyl sites for hydroxylation is 1. The summed E-state index contributed by atoms with van der Waals surface area (Å²) < 4.78 is 5.34. The lowest BCUT2D eigenvalue weighted by Crippen LogP contribution is -2.52. The average Bonchev–Trinajstić information content (AvgIpc) is 3.06. The Hall–Kier alpha value is -1.08. The van der Waals surface area contributed by atoms with Gasteiger partial charge in [0.25, 0.3) is 5.91 Å². The second-order valence-corrected chi connectivity index (χ2v) is 7.42. The van der Waals surface area contributed by atoms with E-state index >= 15 is 0 Å². The lowest BCUT2D eigenvalue weighted by molar-refractivity contribution is 0.0893. The number of hydrogen-bond acceptors (Lipinski definition) is 5. The number of carbonyl (C=O) groups excluding carboxylic acids is 1. The number of furan rings is 1. The molecule has 2 heterocycles. The van der Waals surface area contributed by atoms with Crippen LogP contribution in [-0.2, 0) is 0 Å². The zero-order valence-electron chi connectivity index (χ0n) is 14.3. The van der Waals surface area contributed by atoms with Crippen LogP contribution in [0.25, 0.3) is 10.8 Å². The fourth-order valence-corrected chi connectivity index (χ4v) is 3.41. The summed E-state index contributed by atoms with van der Waals surface area (Å²) in [7, 11) is 0. The predicted molar refractivity (Wildman–Crippen MR) is 103 cm³/mol. The number of thiazole rings is 1. The normalized spacial score (nSPS) is 12.9. The third-order valence-corrected chi connectivity index (χ3v) is 4.45. The fraction of sp³-hybridized carbons (Fsp3) is 0.500. The van der Waals surface area contributed by atoms with E-state index in [1.54, 1.807) is 12.3 Å². The summed E-state index contributed by atoms with van der Waals surface area (Å²) in [4.78, 5) is 17.8. The molecule has 24 heavy (non-hydrogen) atoms. The first-order valence-corrected chi connectivity index (χ1v) is 8.20. The number of hydrogen-bond donors (Lipinski definition) is 2. The maximum Gasteiger partial charge on any atom is 0.271 e. The van der Waals surface area contributed by atoms with E-state index in [0.29, 0.717) is 28.9 Å². The van der Waals surface area contributed by atoms with Crippen LogP contribution in [0.3, 0.4) is 0 Å². The minimum Gasteiger partial charge on any atom is -0.462 e. The molecule has 0 saturated heterocycles. The molecule has 2 aromatic rings. The van der Waals surface area contributed by atoms with Gasteiger partial charge in [-0.1, -0.05) is 13.8 Å². The second-order valence-electron chi connectivity index (χ2n) is 6.22. The van der Waals surface area contributed by atoms with Crippen molar-refractivity contribution in [2.45, 2.75) is 39.7 Å². The molecule has 1 amide bonds. The van der Waals surface area contributed by atoms with E-state index in [9.17, 15) is 4.79 Å². The molecule has 0 fully saturated rings. The molecule has 3 N–H and O–H groups in total. The van der Waals surface area contributed by atoms with Crippen molar-refractivity contribution in [2.75, 3.05) is 6.54 Å². The SMILES string of the molecule is Cc1sc(-c2ccco2)nc1C(=O)NC(C)(CN)CC(C)C.Cl.Cl. The Bertz CT molecular complexity index is 644. The van der Waals surface area contributed by atoms with Gasteiger partial charge in [-0.3, -0.25) is 4.79 Å². The zero-order chi connectivity index (χ0) is 16.3. The van der Waals surface area contributed by atoms with Crippen LogP contribution >= 0.6 is 36.2 Å².